The van der Waals surface area contributed by atoms with Gasteiger partial charge in [-0.1, -0.05) is 35.0 Å². The molecule has 0 saturated carbocycles. The minimum atomic E-state index is -0.258. The van der Waals surface area contributed by atoms with Crippen molar-refractivity contribution in [3.05, 3.63) is 58.3 Å². The SMILES string of the molecule is O=C(CCC(=O)c1cccc(Cl)c1)NCc1nc(-c2cccs2)no1. The molecule has 0 saturated heterocycles. The van der Waals surface area contributed by atoms with Gasteiger partial charge in [0.25, 0.3) is 0 Å². The lowest BCUT2D eigenvalue weighted by Gasteiger charge is -2.03. The van der Waals surface area contributed by atoms with Gasteiger partial charge in [0.1, 0.15) is 0 Å². The second-order valence-corrected chi connectivity index (χ2v) is 6.58. The van der Waals surface area contributed by atoms with Crippen molar-refractivity contribution in [2.45, 2.75) is 19.4 Å². The van der Waals surface area contributed by atoms with E-state index < -0.39 is 0 Å². The maximum atomic E-state index is 12.0. The quantitative estimate of drug-likeness (QED) is 0.636. The van der Waals surface area contributed by atoms with Crippen molar-refractivity contribution in [1.29, 1.82) is 0 Å². The van der Waals surface area contributed by atoms with E-state index >= 15 is 0 Å². The molecule has 1 N–H and O–H groups in total. The van der Waals surface area contributed by atoms with E-state index in [0.717, 1.165) is 4.88 Å². The molecule has 3 aromatic rings. The number of nitrogens with zero attached hydrogens (tertiary/aromatic N) is 2. The highest BCUT2D eigenvalue weighted by Gasteiger charge is 2.12. The lowest BCUT2D eigenvalue weighted by atomic mass is 10.1. The van der Waals surface area contributed by atoms with Crippen LogP contribution >= 0.6 is 22.9 Å². The lowest BCUT2D eigenvalue weighted by Crippen LogP contribution is -2.23. The van der Waals surface area contributed by atoms with Gasteiger partial charge < -0.3 is 9.84 Å². The van der Waals surface area contributed by atoms with Crippen LogP contribution in [0.25, 0.3) is 10.7 Å². The van der Waals surface area contributed by atoms with Crippen molar-refractivity contribution >= 4 is 34.6 Å². The summed E-state index contributed by atoms with van der Waals surface area (Å²) in [5.41, 5.74) is 0.498. The Hall–Kier alpha value is -2.51. The Bertz CT molecular complexity index is 877. The Morgan fingerprint density at radius 2 is 2.08 bits per heavy atom. The fourth-order valence-electron chi connectivity index (χ4n) is 2.13. The number of nitrogens with one attached hydrogen (secondary N) is 1. The first-order valence-corrected chi connectivity index (χ1v) is 8.79. The molecule has 25 heavy (non-hydrogen) atoms. The van der Waals surface area contributed by atoms with Crippen molar-refractivity contribution in [3.8, 4) is 10.7 Å². The predicted molar refractivity (Wildman–Crippen MR) is 94.5 cm³/mol. The first kappa shape index (κ1) is 17.3. The third-order valence-electron chi connectivity index (χ3n) is 3.37. The summed E-state index contributed by atoms with van der Waals surface area (Å²) in [7, 11) is 0. The highest BCUT2D eigenvalue weighted by atomic mass is 35.5. The van der Waals surface area contributed by atoms with Crippen LogP contribution in [-0.4, -0.2) is 21.8 Å². The Kier molecular flexibility index (Phi) is 5.57. The van der Waals surface area contributed by atoms with Gasteiger partial charge in [0.2, 0.25) is 17.6 Å². The number of rotatable bonds is 7. The molecule has 0 aliphatic rings. The maximum Gasteiger partial charge on any atom is 0.246 e. The van der Waals surface area contributed by atoms with E-state index in [0.29, 0.717) is 22.3 Å². The van der Waals surface area contributed by atoms with Crippen molar-refractivity contribution in [3.63, 3.8) is 0 Å². The molecule has 0 aliphatic heterocycles. The number of ketones is 1. The second-order valence-electron chi connectivity index (χ2n) is 5.20. The fourth-order valence-corrected chi connectivity index (χ4v) is 2.97. The zero-order chi connectivity index (χ0) is 17.6. The van der Waals surface area contributed by atoms with E-state index in [2.05, 4.69) is 15.5 Å². The van der Waals surface area contributed by atoms with Gasteiger partial charge in [0.05, 0.1) is 11.4 Å². The molecule has 2 aromatic heterocycles. The normalized spacial score (nSPS) is 10.6. The standard InChI is InChI=1S/C17H14ClN3O3S/c18-12-4-1-3-11(9-12)13(22)6-7-15(23)19-10-16-20-17(21-24-16)14-5-2-8-25-14/h1-5,8-9H,6-7,10H2,(H,19,23). The Balaban J connectivity index is 1.46. The summed E-state index contributed by atoms with van der Waals surface area (Å²) in [4.78, 5) is 29.0. The summed E-state index contributed by atoms with van der Waals surface area (Å²) in [5.74, 6) is 0.426. The highest BCUT2D eigenvalue weighted by Crippen LogP contribution is 2.21. The van der Waals surface area contributed by atoms with Gasteiger partial charge >= 0.3 is 0 Å². The smallest absolute Gasteiger partial charge is 0.246 e. The Labute approximate surface area is 152 Å². The van der Waals surface area contributed by atoms with E-state index in [-0.39, 0.29) is 31.1 Å². The van der Waals surface area contributed by atoms with Gasteiger partial charge in [-0.05, 0) is 23.6 Å². The molecule has 128 valence electrons. The molecule has 0 atom stereocenters. The average Bonchev–Trinajstić information content (AvgIpc) is 3.29. The number of hydrogen-bond donors (Lipinski definition) is 1. The minimum Gasteiger partial charge on any atom is -0.347 e. The van der Waals surface area contributed by atoms with E-state index in [9.17, 15) is 9.59 Å². The topological polar surface area (TPSA) is 85.1 Å². The van der Waals surface area contributed by atoms with Crippen LogP contribution in [0.2, 0.25) is 5.02 Å². The Morgan fingerprint density at radius 1 is 1.20 bits per heavy atom. The number of amides is 1. The summed E-state index contributed by atoms with van der Waals surface area (Å²) in [6.07, 6.45) is 0.188. The number of carbonyl (C=O) groups excluding carboxylic acids is 2. The van der Waals surface area contributed by atoms with Crippen LogP contribution in [0.3, 0.4) is 0 Å². The second kappa shape index (κ2) is 8.04. The van der Waals surface area contributed by atoms with Gasteiger partial charge in [-0.3, -0.25) is 9.59 Å². The van der Waals surface area contributed by atoms with Crippen molar-refractivity contribution in [2.24, 2.45) is 0 Å². The number of hydrogen-bond acceptors (Lipinski definition) is 6. The minimum absolute atomic E-state index is 0.0806. The van der Waals surface area contributed by atoms with E-state index in [1.165, 1.54) is 11.3 Å². The Morgan fingerprint density at radius 3 is 2.84 bits per heavy atom. The number of carbonyl (C=O) groups is 2. The predicted octanol–water partition coefficient (Wildman–Crippen LogP) is 3.73. The molecule has 1 aromatic carbocycles. The van der Waals surface area contributed by atoms with Crippen LogP contribution in [0.15, 0.2) is 46.3 Å². The number of Topliss-reactive ketones (excluding diaryl/α,β-unsaturated/α-hetero) is 1. The molecule has 2 heterocycles. The van der Waals surface area contributed by atoms with Crippen LogP contribution in [0.5, 0.6) is 0 Å². The molecule has 0 unspecified atom stereocenters. The van der Waals surface area contributed by atoms with Gasteiger partial charge in [0, 0.05) is 23.4 Å². The molecular formula is C17H14ClN3O3S. The average molecular weight is 376 g/mol. The molecule has 8 heteroatoms. The summed E-state index contributed by atoms with van der Waals surface area (Å²) in [6.45, 7) is 0.128. The lowest BCUT2D eigenvalue weighted by molar-refractivity contribution is -0.121. The summed E-state index contributed by atoms with van der Waals surface area (Å²) in [5, 5.41) is 8.95. The van der Waals surface area contributed by atoms with Gasteiger partial charge in [-0.25, -0.2) is 0 Å². The largest absolute Gasteiger partial charge is 0.347 e. The first-order chi connectivity index (χ1) is 12.1. The highest BCUT2D eigenvalue weighted by molar-refractivity contribution is 7.13. The molecule has 1 amide bonds. The molecule has 0 radical (unpaired) electrons. The number of thiophene rings is 1. The van der Waals surface area contributed by atoms with Crippen molar-refractivity contribution in [1.82, 2.24) is 15.5 Å². The van der Waals surface area contributed by atoms with E-state index in [1.54, 1.807) is 24.3 Å². The van der Waals surface area contributed by atoms with Gasteiger partial charge in [-0.15, -0.1) is 11.3 Å². The molecule has 6 nitrogen and oxygen atoms in total. The van der Waals surface area contributed by atoms with Crippen LogP contribution in [0.1, 0.15) is 29.1 Å². The summed E-state index contributed by atoms with van der Waals surface area (Å²) in [6, 6.07) is 10.5. The van der Waals surface area contributed by atoms with E-state index in [4.69, 9.17) is 16.1 Å². The molecular weight excluding hydrogens is 362 g/mol. The van der Waals surface area contributed by atoms with Gasteiger partial charge in [0.15, 0.2) is 5.78 Å². The first-order valence-electron chi connectivity index (χ1n) is 7.54. The molecule has 3 rings (SSSR count). The zero-order valence-corrected chi connectivity index (χ0v) is 14.6. The van der Waals surface area contributed by atoms with Crippen molar-refractivity contribution in [2.75, 3.05) is 0 Å². The van der Waals surface area contributed by atoms with Crippen LogP contribution in [0, 0.1) is 0 Å². The van der Waals surface area contributed by atoms with Crippen molar-refractivity contribution < 1.29 is 14.1 Å². The summed E-state index contributed by atoms with van der Waals surface area (Å²) >= 11 is 7.36. The fraction of sp³-hybridized carbons (Fsp3) is 0.176. The van der Waals surface area contributed by atoms with Crippen LogP contribution in [-0.2, 0) is 11.3 Å². The summed E-state index contributed by atoms with van der Waals surface area (Å²) < 4.78 is 5.10. The third kappa shape index (κ3) is 4.74. The zero-order valence-electron chi connectivity index (χ0n) is 13.1. The molecule has 0 bridgehead atoms. The number of benzene rings is 1. The maximum absolute atomic E-state index is 12.0. The number of halogens is 1. The third-order valence-corrected chi connectivity index (χ3v) is 4.47. The monoisotopic (exact) mass is 375 g/mol. The number of aromatic nitrogens is 2. The molecule has 0 aliphatic carbocycles. The van der Waals surface area contributed by atoms with Crippen LogP contribution < -0.4 is 5.32 Å². The van der Waals surface area contributed by atoms with E-state index in [1.807, 2.05) is 17.5 Å². The van der Waals surface area contributed by atoms with Gasteiger partial charge in [-0.2, -0.15) is 4.98 Å². The molecule has 0 spiro atoms. The molecule has 0 fully saturated rings. The van der Waals surface area contributed by atoms with Crippen LogP contribution in [0.4, 0.5) is 0 Å².